The van der Waals surface area contributed by atoms with Gasteiger partial charge < -0.3 is 10.6 Å². The molecule has 1 amide bonds. The summed E-state index contributed by atoms with van der Waals surface area (Å²) < 4.78 is 28.6. The van der Waals surface area contributed by atoms with Gasteiger partial charge in [-0.2, -0.15) is 14.8 Å². The average molecular weight is 517 g/mol. The molecular formula is C27H26F2N8O. The van der Waals surface area contributed by atoms with Crippen molar-refractivity contribution in [3.05, 3.63) is 65.6 Å². The Bertz CT molecular complexity index is 1520. The topological polar surface area (TPSA) is 112 Å². The van der Waals surface area contributed by atoms with Crippen molar-refractivity contribution in [2.45, 2.75) is 57.3 Å². The highest BCUT2D eigenvalue weighted by atomic mass is 19.1. The van der Waals surface area contributed by atoms with Gasteiger partial charge in [-0.1, -0.05) is 25.3 Å². The molecule has 11 heteroatoms. The fourth-order valence-corrected chi connectivity index (χ4v) is 5.70. The van der Waals surface area contributed by atoms with Crippen LogP contribution in [0.15, 0.2) is 53.3 Å². The quantitative estimate of drug-likeness (QED) is 0.478. The molecule has 194 valence electrons. The van der Waals surface area contributed by atoms with Crippen molar-refractivity contribution < 1.29 is 13.6 Å². The molecule has 2 aromatic carbocycles. The van der Waals surface area contributed by atoms with Crippen LogP contribution in [-0.2, 0) is 4.79 Å². The Morgan fingerprint density at radius 2 is 1.97 bits per heavy atom. The molecule has 0 bridgehead atoms. The van der Waals surface area contributed by atoms with Gasteiger partial charge in [-0.15, -0.1) is 0 Å². The molecular weight excluding hydrogens is 490 g/mol. The number of carbonyl (C=O) groups excluding carboxylic acids is 1. The van der Waals surface area contributed by atoms with Gasteiger partial charge in [0.05, 0.1) is 34.4 Å². The van der Waals surface area contributed by atoms with E-state index in [9.17, 15) is 18.8 Å². The summed E-state index contributed by atoms with van der Waals surface area (Å²) in [5.41, 5.74) is 1.92. The summed E-state index contributed by atoms with van der Waals surface area (Å²) in [6, 6.07) is 11.5. The second kappa shape index (κ2) is 9.54. The highest BCUT2D eigenvalue weighted by Crippen LogP contribution is 2.37. The number of hydrogen-bond acceptors (Lipinski definition) is 7. The van der Waals surface area contributed by atoms with E-state index in [-0.39, 0.29) is 22.9 Å². The molecule has 3 N–H and O–H groups in total. The van der Waals surface area contributed by atoms with E-state index in [0.717, 1.165) is 25.7 Å². The summed E-state index contributed by atoms with van der Waals surface area (Å²) in [6.07, 6.45) is 6.50. The van der Waals surface area contributed by atoms with Gasteiger partial charge in [0.1, 0.15) is 11.7 Å². The number of nitrogens with one attached hydrogen (secondary N) is 3. The minimum Gasteiger partial charge on any atom is -0.331 e. The van der Waals surface area contributed by atoms with Crippen LogP contribution in [0.2, 0.25) is 0 Å². The van der Waals surface area contributed by atoms with E-state index in [0.29, 0.717) is 28.6 Å². The molecule has 0 spiro atoms. The highest BCUT2D eigenvalue weighted by Gasteiger charge is 2.46. The number of aliphatic imine (C=N–C) groups is 1. The monoisotopic (exact) mass is 516 g/mol. The molecule has 3 heterocycles. The van der Waals surface area contributed by atoms with E-state index in [4.69, 9.17) is 4.99 Å². The molecule has 2 aliphatic heterocycles. The Morgan fingerprint density at radius 1 is 1.16 bits per heavy atom. The fourth-order valence-electron chi connectivity index (χ4n) is 5.70. The molecule has 2 atom stereocenters. The number of fused-ring (bicyclic) bond motifs is 2. The van der Waals surface area contributed by atoms with E-state index in [1.165, 1.54) is 18.6 Å². The maximum atomic E-state index is 14.5. The Kier molecular flexibility index (Phi) is 6.04. The van der Waals surface area contributed by atoms with E-state index < -0.39 is 24.0 Å². The zero-order chi connectivity index (χ0) is 26.4. The number of aromatic amines is 1. The van der Waals surface area contributed by atoms with Gasteiger partial charge in [-0.25, -0.2) is 9.38 Å². The largest absolute Gasteiger partial charge is 0.331 e. The zero-order valence-corrected chi connectivity index (χ0v) is 20.7. The first kappa shape index (κ1) is 24.1. The highest BCUT2D eigenvalue weighted by molar-refractivity contribution is 6.03. The van der Waals surface area contributed by atoms with Crippen LogP contribution in [0, 0.1) is 23.1 Å². The Morgan fingerprint density at radius 3 is 2.76 bits per heavy atom. The van der Waals surface area contributed by atoms with Gasteiger partial charge in [-0.3, -0.25) is 19.7 Å². The molecule has 1 saturated heterocycles. The first-order valence-corrected chi connectivity index (χ1v) is 12.7. The first-order valence-electron chi connectivity index (χ1n) is 12.7. The summed E-state index contributed by atoms with van der Waals surface area (Å²) in [5.74, 6) is -1.14. The number of carbonyl (C=O) groups is 1. The summed E-state index contributed by atoms with van der Waals surface area (Å²) in [4.78, 5) is 22.5. The van der Waals surface area contributed by atoms with Crippen molar-refractivity contribution in [2.24, 2.45) is 4.99 Å². The Balaban J connectivity index is 1.38. The number of rotatable bonds is 3. The van der Waals surface area contributed by atoms with Crippen LogP contribution in [0.4, 0.5) is 20.2 Å². The minimum atomic E-state index is -0.721. The van der Waals surface area contributed by atoms with E-state index in [1.807, 2.05) is 6.92 Å². The second-order valence-electron chi connectivity index (χ2n) is 9.83. The number of guanidine groups is 1. The Labute approximate surface area is 217 Å². The summed E-state index contributed by atoms with van der Waals surface area (Å²) in [6.45, 7) is 1.89. The SMILES string of the molecule is C[C@@H]1C(=O)N(c2cccc(C#N)c2)C2=CNC(Nc3cc(F)c4n[nH]c(F)c4c3)=NC2N1C1CCCCC1. The number of benzene rings is 2. The lowest BCUT2D eigenvalue weighted by Gasteiger charge is -2.49. The molecule has 3 aromatic rings. The van der Waals surface area contributed by atoms with Gasteiger partial charge in [-0.05, 0) is 50.1 Å². The van der Waals surface area contributed by atoms with Crippen LogP contribution in [0.1, 0.15) is 44.6 Å². The van der Waals surface area contributed by atoms with Crippen molar-refractivity contribution in [3.63, 3.8) is 0 Å². The molecule has 2 fully saturated rings. The molecule has 6 rings (SSSR count). The van der Waals surface area contributed by atoms with Crippen molar-refractivity contribution in [1.82, 2.24) is 20.4 Å². The molecule has 1 unspecified atom stereocenters. The third-order valence-electron chi connectivity index (χ3n) is 7.50. The lowest BCUT2D eigenvalue weighted by atomic mass is 9.91. The third-order valence-corrected chi connectivity index (χ3v) is 7.50. The number of halogens is 2. The Hall–Kier alpha value is -4.30. The van der Waals surface area contributed by atoms with Gasteiger partial charge in [0.25, 0.3) is 0 Å². The van der Waals surface area contributed by atoms with Crippen molar-refractivity contribution >= 4 is 34.1 Å². The second-order valence-corrected chi connectivity index (χ2v) is 9.83. The molecule has 1 aromatic heterocycles. The number of nitriles is 1. The predicted molar refractivity (Wildman–Crippen MR) is 139 cm³/mol. The van der Waals surface area contributed by atoms with Gasteiger partial charge >= 0.3 is 0 Å². The average Bonchev–Trinajstić information content (AvgIpc) is 3.31. The molecule has 0 radical (unpaired) electrons. The van der Waals surface area contributed by atoms with E-state index in [1.54, 1.807) is 35.4 Å². The van der Waals surface area contributed by atoms with Crippen LogP contribution in [0.5, 0.6) is 0 Å². The number of amides is 1. The van der Waals surface area contributed by atoms with Crippen LogP contribution < -0.4 is 15.5 Å². The van der Waals surface area contributed by atoms with Crippen LogP contribution in [0.3, 0.4) is 0 Å². The molecule has 38 heavy (non-hydrogen) atoms. The van der Waals surface area contributed by atoms with Gasteiger partial charge in [0.15, 0.2) is 5.82 Å². The van der Waals surface area contributed by atoms with Gasteiger partial charge in [0.2, 0.25) is 17.8 Å². The standard InChI is InChI=1S/C27H26F2N8O/c1-15-26(38)37(19-9-5-6-16(10-19)13-30)22-14-31-27(33-25(22)36(15)18-7-3-2-4-8-18)32-17-11-20-23(21(28)12-17)34-35-24(20)29/h5-6,9-12,14-15,18,25H,2-4,7-8H2,1H3,(H,34,35)(H2,31,32,33)/t15-,25?/m1/s1. The number of anilines is 2. The van der Waals surface area contributed by atoms with Crippen molar-refractivity contribution in [2.75, 3.05) is 10.2 Å². The lowest BCUT2D eigenvalue weighted by molar-refractivity contribution is -0.127. The van der Waals surface area contributed by atoms with Crippen LogP contribution in [0.25, 0.3) is 10.9 Å². The normalized spacial score (nSPS) is 22.4. The summed E-state index contributed by atoms with van der Waals surface area (Å²) >= 11 is 0. The maximum Gasteiger partial charge on any atom is 0.248 e. The van der Waals surface area contributed by atoms with Crippen molar-refractivity contribution in [1.29, 1.82) is 5.26 Å². The predicted octanol–water partition coefficient (Wildman–Crippen LogP) is 4.32. The molecule has 9 nitrogen and oxygen atoms in total. The van der Waals surface area contributed by atoms with Crippen molar-refractivity contribution in [3.8, 4) is 6.07 Å². The molecule has 1 saturated carbocycles. The number of H-pyrrole nitrogens is 1. The summed E-state index contributed by atoms with van der Waals surface area (Å²) in [5, 5.41) is 21.4. The minimum absolute atomic E-state index is 0.0319. The van der Waals surface area contributed by atoms with E-state index >= 15 is 0 Å². The van der Waals surface area contributed by atoms with Crippen LogP contribution >= 0.6 is 0 Å². The zero-order valence-electron chi connectivity index (χ0n) is 20.7. The maximum absolute atomic E-state index is 14.5. The van der Waals surface area contributed by atoms with Gasteiger partial charge in [0, 0.05) is 17.9 Å². The number of piperazine rings is 1. The fraction of sp³-hybridized carbons (Fsp3) is 0.333. The number of aromatic nitrogens is 2. The smallest absolute Gasteiger partial charge is 0.248 e. The summed E-state index contributed by atoms with van der Waals surface area (Å²) in [7, 11) is 0. The molecule has 1 aliphatic carbocycles. The first-order chi connectivity index (χ1) is 18.4. The van der Waals surface area contributed by atoms with E-state index in [2.05, 4.69) is 31.8 Å². The third kappa shape index (κ3) is 4.07. The van der Waals surface area contributed by atoms with Crippen LogP contribution in [-0.4, -0.2) is 45.2 Å². The number of nitrogens with zero attached hydrogens (tertiary/aromatic N) is 5. The lowest BCUT2D eigenvalue weighted by Crippen LogP contribution is -2.64. The molecule has 3 aliphatic rings. The number of hydrogen-bond donors (Lipinski definition) is 3.